The number of ether oxygens (including phenoxy) is 2. The maximum atomic E-state index is 12.7. The minimum Gasteiger partial charge on any atom is -0.487 e. The van der Waals surface area contributed by atoms with Gasteiger partial charge < -0.3 is 13.9 Å². The van der Waals surface area contributed by atoms with Crippen molar-refractivity contribution in [3.63, 3.8) is 0 Å². The van der Waals surface area contributed by atoms with E-state index in [2.05, 4.69) is 20.8 Å². The standard InChI is InChI=1S/C20H24O5/c1-7-23-19(22)14-8-13(21)16-11(3)15-10(2)9-20(5,6)25-18(15)12(4)17(16)24-14/h8,10H,7,9H2,1-6H3. The molecule has 0 bridgehead atoms. The van der Waals surface area contributed by atoms with Crippen molar-refractivity contribution in [3.8, 4) is 5.75 Å². The Morgan fingerprint density at radius 2 is 2.00 bits per heavy atom. The van der Waals surface area contributed by atoms with Crippen LogP contribution < -0.4 is 10.2 Å². The van der Waals surface area contributed by atoms with Crippen molar-refractivity contribution in [2.75, 3.05) is 6.61 Å². The molecule has 0 fully saturated rings. The highest BCUT2D eigenvalue weighted by atomic mass is 16.5. The first-order chi connectivity index (χ1) is 11.7. The van der Waals surface area contributed by atoms with E-state index < -0.39 is 5.97 Å². The van der Waals surface area contributed by atoms with E-state index in [0.29, 0.717) is 11.0 Å². The molecule has 0 radical (unpaired) electrons. The predicted octanol–water partition coefficient (Wildman–Crippen LogP) is 4.25. The van der Waals surface area contributed by atoms with Crippen LogP contribution in [0, 0.1) is 13.8 Å². The van der Waals surface area contributed by atoms with Crippen LogP contribution in [0.4, 0.5) is 0 Å². The van der Waals surface area contributed by atoms with E-state index in [1.165, 1.54) is 6.07 Å². The Morgan fingerprint density at radius 3 is 2.64 bits per heavy atom. The first-order valence-electron chi connectivity index (χ1n) is 8.63. The summed E-state index contributed by atoms with van der Waals surface area (Å²) >= 11 is 0. The summed E-state index contributed by atoms with van der Waals surface area (Å²) in [5, 5.41) is 0.513. The molecule has 1 atom stereocenters. The van der Waals surface area contributed by atoms with Gasteiger partial charge in [-0.05, 0) is 52.5 Å². The van der Waals surface area contributed by atoms with Gasteiger partial charge in [0.15, 0.2) is 5.43 Å². The molecule has 1 aromatic carbocycles. The van der Waals surface area contributed by atoms with E-state index in [0.717, 1.165) is 28.9 Å². The first-order valence-corrected chi connectivity index (χ1v) is 8.63. The lowest BCUT2D eigenvalue weighted by molar-refractivity contribution is 0.0489. The lowest BCUT2D eigenvalue weighted by atomic mass is 9.81. The molecule has 5 nitrogen and oxygen atoms in total. The number of aryl methyl sites for hydroxylation is 2. The highest BCUT2D eigenvalue weighted by molar-refractivity contribution is 5.92. The molecule has 0 amide bonds. The van der Waals surface area contributed by atoms with Gasteiger partial charge in [-0.3, -0.25) is 4.79 Å². The second-order valence-corrected chi connectivity index (χ2v) is 7.36. The summed E-state index contributed by atoms with van der Waals surface area (Å²) in [6, 6.07) is 1.22. The third kappa shape index (κ3) is 2.81. The minimum absolute atomic E-state index is 0.0788. The Morgan fingerprint density at radius 1 is 1.32 bits per heavy atom. The lowest BCUT2D eigenvalue weighted by Crippen LogP contribution is -2.35. The van der Waals surface area contributed by atoms with Crippen LogP contribution in [0.2, 0.25) is 0 Å². The molecule has 0 spiro atoms. The van der Waals surface area contributed by atoms with Gasteiger partial charge in [-0.15, -0.1) is 0 Å². The van der Waals surface area contributed by atoms with Crippen molar-refractivity contribution >= 4 is 16.9 Å². The molecule has 1 unspecified atom stereocenters. The summed E-state index contributed by atoms with van der Waals surface area (Å²) in [5.74, 6) is 0.319. The van der Waals surface area contributed by atoms with Gasteiger partial charge in [-0.2, -0.15) is 0 Å². The van der Waals surface area contributed by atoms with Crippen LogP contribution in [0.3, 0.4) is 0 Å². The van der Waals surface area contributed by atoms with Gasteiger partial charge in [0.2, 0.25) is 5.76 Å². The second-order valence-electron chi connectivity index (χ2n) is 7.36. The molecule has 3 rings (SSSR count). The molecular formula is C20H24O5. The summed E-state index contributed by atoms with van der Waals surface area (Å²) in [4.78, 5) is 24.7. The number of esters is 1. The van der Waals surface area contributed by atoms with Crippen LogP contribution in [0.25, 0.3) is 11.0 Å². The molecule has 25 heavy (non-hydrogen) atoms. The minimum atomic E-state index is -0.633. The normalized spacial score (nSPS) is 18.6. The largest absolute Gasteiger partial charge is 0.487 e. The average molecular weight is 344 g/mol. The Hall–Kier alpha value is -2.30. The number of benzene rings is 1. The highest BCUT2D eigenvalue weighted by Crippen LogP contribution is 2.46. The van der Waals surface area contributed by atoms with E-state index >= 15 is 0 Å². The molecule has 0 N–H and O–H groups in total. The molecule has 0 saturated heterocycles. The van der Waals surface area contributed by atoms with Crippen LogP contribution in [-0.4, -0.2) is 18.2 Å². The molecule has 1 aromatic heterocycles. The summed E-state index contributed by atoms with van der Waals surface area (Å²) < 4.78 is 17.0. The van der Waals surface area contributed by atoms with E-state index in [4.69, 9.17) is 13.9 Å². The zero-order chi connectivity index (χ0) is 18.5. The Kier molecular flexibility index (Phi) is 4.13. The van der Waals surface area contributed by atoms with Crippen LogP contribution >= 0.6 is 0 Å². The number of fused-ring (bicyclic) bond motifs is 2. The van der Waals surface area contributed by atoms with Crippen LogP contribution in [0.1, 0.15) is 67.3 Å². The number of rotatable bonds is 2. The molecular weight excluding hydrogens is 320 g/mol. The van der Waals surface area contributed by atoms with Crippen molar-refractivity contribution in [1.29, 1.82) is 0 Å². The van der Waals surface area contributed by atoms with Crippen molar-refractivity contribution in [3.05, 3.63) is 38.7 Å². The summed E-state index contributed by atoms with van der Waals surface area (Å²) in [6.07, 6.45) is 0.873. The van der Waals surface area contributed by atoms with E-state index in [9.17, 15) is 9.59 Å². The van der Waals surface area contributed by atoms with Crippen LogP contribution in [-0.2, 0) is 4.74 Å². The topological polar surface area (TPSA) is 65.7 Å². The number of carbonyl (C=O) groups is 1. The molecule has 5 heteroatoms. The van der Waals surface area contributed by atoms with Crippen molar-refractivity contribution in [1.82, 2.24) is 0 Å². The molecule has 1 aliphatic rings. The van der Waals surface area contributed by atoms with Gasteiger partial charge in [0.25, 0.3) is 0 Å². The number of hydrogen-bond donors (Lipinski definition) is 0. The van der Waals surface area contributed by atoms with Gasteiger partial charge in [-0.1, -0.05) is 6.92 Å². The van der Waals surface area contributed by atoms with E-state index in [1.807, 2.05) is 13.8 Å². The van der Waals surface area contributed by atoms with Crippen molar-refractivity contribution in [2.45, 2.75) is 59.5 Å². The highest BCUT2D eigenvalue weighted by Gasteiger charge is 2.35. The third-order valence-corrected chi connectivity index (χ3v) is 4.80. The van der Waals surface area contributed by atoms with Gasteiger partial charge in [0, 0.05) is 17.2 Å². The van der Waals surface area contributed by atoms with Gasteiger partial charge in [-0.25, -0.2) is 4.79 Å². The average Bonchev–Trinajstić information content (AvgIpc) is 2.50. The molecule has 1 aliphatic heterocycles. The lowest BCUT2D eigenvalue weighted by Gasteiger charge is -2.38. The zero-order valence-corrected chi connectivity index (χ0v) is 15.6. The second kappa shape index (κ2) is 5.90. The Labute approximate surface area is 146 Å². The van der Waals surface area contributed by atoms with Gasteiger partial charge in [0.05, 0.1) is 12.0 Å². The smallest absolute Gasteiger partial charge is 0.374 e. The Balaban J connectivity index is 2.34. The predicted molar refractivity (Wildman–Crippen MR) is 95.7 cm³/mol. The van der Waals surface area contributed by atoms with E-state index in [-0.39, 0.29) is 29.3 Å². The fourth-order valence-corrected chi connectivity index (χ4v) is 3.91. The fourth-order valence-electron chi connectivity index (χ4n) is 3.91. The monoisotopic (exact) mass is 344 g/mol. The van der Waals surface area contributed by atoms with Gasteiger partial charge in [0.1, 0.15) is 16.9 Å². The van der Waals surface area contributed by atoms with Crippen LogP contribution in [0.15, 0.2) is 15.3 Å². The SMILES string of the molecule is CCOC(=O)c1cc(=O)c2c(C)c3c(c(C)c2o1)OC(C)(C)CC3C. The first kappa shape index (κ1) is 17.5. The van der Waals surface area contributed by atoms with E-state index in [1.54, 1.807) is 6.92 Å². The molecule has 134 valence electrons. The maximum Gasteiger partial charge on any atom is 0.374 e. The number of carbonyl (C=O) groups excluding carboxylic acids is 1. The quantitative estimate of drug-likeness (QED) is 0.762. The van der Waals surface area contributed by atoms with Crippen LogP contribution in [0.5, 0.6) is 5.75 Å². The zero-order valence-electron chi connectivity index (χ0n) is 15.6. The Bertz CT molecular complexity index is 920. The fraction of sp³-hybridized carbons (Fsp3) is 0.500. The number of hydrogen-bond acceptors (Lipinski definition) is 5. The molecule has 2 aromatic rings. The molecule has 0 saturated carbocycles. The molecule has 2 heterocycles. The molecule has 0 aliphatic carbocycles. The summed E-state index contributed by atoms with van der Waals surface area (Å²) in [5.41, 5.74) is 2.54. The van der Waals surface area contributed by atoms with Crippen molar-refractivity contribution in [2.24, 2.45) is 0 Å². The van der Waals surface area contributed by atoms with Crippen molar-refractivity contribution < 1.29 is 18.7 Å². The summed E-state index contributed by atoms with van der Waals surface area (Å²) in [6.45, 7) is 12.0. The van der Waals surface area contributed by atoms with Gasteiger partial charge >= 0.3 is 5.97 Å². The summed E-state index contributed by atoms with van der Waals surface area (Å²) in [7, 11) is 0. The third-order valence-electron chi connectivity index (χ3n) is 4.80. The maximum absolute atomic E-state index is 12.7.